The molecule has 2 aromatic carbocycles. The molecule has 25 heavy (non-hydrogen) atoms. The minimum atomic E-state index is -0.440. The predicted molar refractivity (Wildman–Crippen MR) is 93.6 cm³/mol. The largest absolute Gasteiger partial charge is 0.497 e. The van der Waals surface area contributed by atoms with Gasteiger partial charge in [-0.1, -0.05) is 36.4 Å². The monoisotopic (exact) mass is 334 g/mol. The highest BCUT2D eigenvalue weighted by Gasteiger charge is 2.40. The second kappa shape index (κ2) is 6.09. The maximum Gasteiger partial charge on any atom is 0.271 e. The van der Waals surface area contributed by atoms with Crippen LogP contribution in [0, 0.1) is 0 Å². The Bertz CT molecular complexity index is 888. The van der Waals surface area contributed by atoms with E-state index < -0.39 is 6.04 Å². The molecule has 1 N–H and O–H groups in total. The number of hydrogen-bond acceptors (Lipinski definition) is 3. The smallest absolute Gasteiger partial charge is 0.271 e. The number of benzene rings is 2. The van der Waals surface area contributed by atoms with Crippen LogP contribution in [0.5, 0.6) is 5.75 Å². The molecule has 4 rings (SSSR count). The van der Waals surface area contributed by atoms with Crippen molar-refractivity contribution in [2.24, 2.45) is 0 Å². The molecule has 5 heteroatoms. The number of carbonyl (C=O) groups is 2. The number of rotatable bonds is 2. The van der Waals surface area contributed by atoms with E-state index in [2.05, 4.69) is 5.32 Å². The second-order valence-corrected chi connectivity index (χ2v) is 6.25. The van der Waals surface area contributed by atoms with E-state index in [1.54, 1.807) is 18.1 Å². The Morgan fingerprint density at radius 3 is 2.72 bits per heavy atom. The van der Waals surface area contributed by atoms with E-state index >= 15 is 0 Å². The summed E-state index contributed by atoms with van der Waals surface area (Å²) in [4.78, 5) is 27.1. The molecule has 1 saturated heterocycles. The zero-order chi connectivity index (χ0) is 17.4. The summed E-state index contributed by atoms with van der Waals surface area (Å²) in [6.45, 7) is 0.461. The Labute approximate surface area is 145 Å². The average molecular weight is 334 g/mol. The van der Waals surface area contributed by atoms with Crippen molar-refractivity contribution in [3.63, 3.8) is 0 Å². The fraction of sp³-hybridized carbons (Fsp3) is 0.200. The van der Waals surface area contributed by atoms with Gasteiger partial charge in [-0.3, -0.25) is 9.59 Å². The Morgan fingerprint density at radius 2 is 1.92 bits per heavy atom. The van der Waals surface area contributed by atoms with Crippen molar-refractivity contribution < 1.29 is 14.3 Å². The summed E-state index contributed by atoms with van der Waals surface area (Å²) in [5, 5.41) is 2.77. The van der Waals surface area contributed by atoms with Gasteiger partial charge in [0.1, 0.15) is 17.5 Å². The lowest BCUT2D eigenvalue weighted by molar-refractivity contribution is -0.143. The first-order valence-corrected chi connectivity index (χ1v) is 8.20. The zero-order valence-electron chi connectivity index (χ0n) is 13.9. The lowest BCUT2D eigenvalue weighted by atomic mass is 9.91. The average Bonchev–Trinajstić information content (AvgIpc) is 2.65. The van der Waals surface area contributed by atoms with Gasteiger partial charge in [-0.05, 0) is 34.9 Å². The van der Waals surface area contributed by atoms with Gasteiger partial charge >= 0.3 is 0 Å². The molecule has 0 bridgehead atoms. The molecule has 0 radical (unpaired) electrons. The molecule has 2 aliphatic rings. The first-order chi connectivity index (χ1) is 12.2. The Kier molecular flexibility index (Phi) is 3.76. The van der Waals surface area contributed by atoms with Crippen LogP contribution in [0.3, 0.4) is 0 Å². The first kappa shape index (κ1) is 15.4. The number of nitrogens with one attached hydrogen (secondary N) is 1. The van der Waals surface area contributed by atoms with Crippen LogP contribution < -0.4 is 10.1 Å². The van der Waals surface area contributed by atoms with Gasteiger partial charge in [-0.15, -0.1) is 0 Å². The van der Waals surface area contributed by atoms with Crippen LogP contribution in [0.25, 0.3) is 6.08 Å². The summed E-state index contributed by atoms with van der Waals surface area (Å²) >= 11 is 0. The van der Waals surface area contributed by atoms with Gasteiger partial charge in [0.15, 0.2) is 0 Å². The van der Waals surface area contributed by atoms with Gasteiger partial charge in [0, 0.05) is 13.0 Å². The molecule has 0 aromatic heterocycles. The van der Waals surface area contributed by atoms with Crippen molar-refractivity contribution in [2.75, 3.05) is 7.11 Å². The molecular weight excluding hydrogens is 316 g/mol. The number of nitrogens with zero attached hydrogens (tertiary/aromatic N) is 1. The number of ether oxygens (including phenoxy) is 1. The van der Waals surface area contributed by atoms with Crippen LogP contribution in [0.1, 0.15) is 16.7 Å². The highest BCUT2D eigenvalue weighted by molar-refractivity contribution is 6.07. The lowest BCUT2D eigenvalue weighted by Gasteiger charge is -2.39. The molecule has 126 valence electrons. The van der Waals surface area contributed by atoms with Crippen LogP contribution in [0.15, 0.2) is 54.2 Å². The molecule has 5 nitrogen and oxygen atoms in total. The third kappa shape index (κ3) is 2.78. The summed E-state index contributed by atoms with van der Waals surface area (Å²) in [5.74, 6) is 0.416. The van der Waals surface area contributed by atoms with Crippen molar-refractivity contribution in [3.8, 4) is 5.75 Å². The van der Waals surface area contributed by atoms with Crippen LogP contribution in [-0.2, 0) is 22.6 Å². The summed E-state index contributed by atoms with van der Waals surface area (Å²) in [7, 11) is 1.59. The summed E-state index contributed by atoms with van der Waals surface area (Å²) in [5.41, 5.74) is 3.34. The molecule has 2 aliphatic heterocycles. The standard InChI is InChI=1S/C20H18N2O3/c1-25-16-8-4-5-13(9-16)10-17-20(24)22-12-15-7-3-2-6-14(15)11-18(22)19(23)21-17/h2-10,18H,11-12H2,1H3,(H,21,23)/b17-10+/t18-/m0/s1. The number of piperazine rings is 1. The van der Waals surface area contributed by atoms with E-state index in [0.717, 1.165) is 16.7 Å². The van der Waals surface area contributed by atoms with E-state index in [0.29, 0.717) is 24.4 Å². The molecule has 2 aromatic rings. The predicted octanol–water partition coefficient (Wildman–Crippen LogP) is 2.12. The highest BCUT2D eigenvalue weighted by Crippen LogP contribution is 2.27. The van der Waals surface area contributed by atoms with Crippen LogP contribution in [-0.4, -0.2) is 29.9 Å². The molecule has 2 heterocycles. The molecule has 0 saturated carbocycles. The van der Waals surface area contributed by atoms with Crippen molar-refractivity contribution in [2.45, 2.75) is 19.0 Å². The fourth-order valence-electron chi connectivity index (χ4n) is 3.39. The molecular formula is C20H18N2O3. The number of methoxy groups -OCH3 is 1. The SMILES string of the molecule is COc1cccc(/C=C2/NC(=O)[C@@H]3Cc4ccccc4CN3C2=O)c1. The van der Waals surface area contributed by atoms with E-state index in [-0.39, 0.29) is 11.8 Å². The van der Waals surface area contributed by atoms with E-state index in [1.165, 1.54) is 0 Å². The summed E-state index contributed by atoms with van der Waals surface area (Å²) < 4.78 is 5.20. The van der Waals surface area contributed by atoms with E-state index in [4.69, 9.17) is 4.74 Å². The quantitative estimate of drug-likeness (QED) is 0.856. The zero-order valence-corrected chi connectivity index (χ0v) is 13.9. The maximum atomic E-state index is 12.9. The normalized spacial score (nSPS) is 20.8. The topological polar surface area (TPSA) is 58.6 Å². The van der Waals surface area contributed by atoms with Crippen LogP contribution in [0.2, 0.25) is 0 Å². The third-order valence-electron chi connectivity index (χ3n) is 4.71. The molecule has 0 unspecified atom stereocenters. The molecule has 0 aliphatic carbocycles. The minimum absolute atomic E-state index is 0.136. The van der Waals surface area contributed by atoms with Crippen LogP contribution >= 0.6 is 0 Å². The Morgan fingerprint density at radius 1 is 1.12 bits per heavy atom. The maximum absolute atomic E-state index is 12.9. The summed E-state index contributed by atoms with van der Waals surface area (Å²) in [6.07, 6.45) is 2.25. The van der Waals surface area contributed by atoms with Gasteiger partial charge in [0.2, 0.25) is 5.91 Å². The van der Waals surface area contributed by atoms with Crippen molar-refractivity contribution >= 4 is 17.9 Å². The number of amides is 2. The minimum Gasteiger partial charge on any atom is -0.497 e. The van der Waals surface area contributed by atoms with E-state index in [9.17, 15) is 9.59 Å². The highest BCUT2D eigenvalue weighted by atomic mass is 16.5. The molecule has 2 amide bonds. The van der Waals surface area contributed by atoms with Gasteiger partial charge < -0.3 is 15.0 Å². The van der Waals surface area contributed by atoms with Crippen LogP contribution in [0.4, 0.5) is 0 Å². The lowest BCUT2D eigenvalue weighted by Crippen LogP contribution is -2.58. The van der Waals surface area contributed by atoms with Gasteiger partial charge in [0.25, 0.3) is 5.91 Å². The van der Waals surface area contributed by atoms with E-state index in [1.807, 2.05) is 48.5 Å². The van der Waals surface area contributed by atoms with Crippen molar-refractivity contribution in [1.82, 2.24) is 10.2 Å². The second-order valence-electron chi connectivity index (χ2n) is 6.25. The fourth-order valence-corrected chi connectivity index (χ4v) is 3.39. The van der Waals surface area contributed by atoms with Gasteiger partial charge in [-0.25, -0.2) is 0 Å². The molecule has 1 atom stereocenters. The van der Waals surface area contributed by atoms with Crippen molar-refractivity contribution in [3.05, 3.63) is 70.9 Å². The number of carbonyl (C=O) groups excluding carboxylic acids is 2. The molecule has 1 fully saturated rings. The van der Waals surface area contributed by atoms with Gasteiger partial charge in [-0.2, -0.15) is 0 Å². The number of fused-ring (bicyclic) bond motifs is 2. The third-order valence-corrected chi connectivity index (χ3v) is 4.71. The molecule has 0 spiro atoms. The summed E-state index contributed by atoms with van der Waals surface area (Å²) in [6, 6.07) is 14.9. The Balaban J connectivity index is 1.66. The van der Waals surface area contributed by atoms with Crippen molar-refractivity contribution in [1.29, 1.82) is 0 Å². The Hall–Kier alpha value is -3.08. The number of hydrogen-bond donors (Lipinski definition) is 1. The van der Waals surface area contributed by atoms with Gasteiger partial charge in [0.05, 0.1) is 7.11 Å². The first-order valence-electron chi connectivity index (χ1n) is 8.20.